The maximum absolute atomic E-state index is 12.7. The first-order valence-electron chi connectivity index (χ1n) is 9.43. The highest BCUT2D eigenvalue weighted by molar-refractivity contribution is 6.31. The number of rotatable bonds is 6. The predicted molar refractivity (Wildman–Crippen MR) is 109 cm³/mol. The number of carbonyl (C=O) groups is 1. The van der Waals surface area contributed by atoms with Gasteiger partial charge in [0.15, 0.2) is 0 Å². The molecule has 2 aromatic rings. The minimum absolute atomic E-state index is 0.0395. The van der Waals surface area contributed by atoms with Crippen LogP contribution in [0.3, 0.4) is 0 Å². The number of nitro benzene ring substituents is 1. The van der Waals surface area contributed by atoms with Gasteiger partial charge >= 0.3 is 0 Å². The molecule has 0 spiro atoms. The summed E-state index contributed by atoms with van der Waals surface area (Å²) < 4.78 is 0. The van der Waals surface area contributed by atoms with Gasteiger partial charge in [-0.2, -0.15) is 0 Å². The fraction of sp³-hybridized carbons (Fsp3) is 0.381. The Labute approximate surface area is 169 Å². The number of nitrogens with zero attached hydrogens (tertiary/aromatic N) is 3. The third-order valence-electron chi connectivity index (χ3n) is 5.05. The van der Waals surface area contributed by atoms with E-state index in [1.807, 2.05) is 24.3 Å². The number of non-ortho nitro benzene ring substituents is 1. The molecule has 1 aliphatic rings. The highest BCUT2D eigenvalue weighted by Crippen LogP contribution is 2.23. The van der Waals surface area contributed by atoms with E-state index in [2.05, 4.69) is 4.90 Å². The molecular weight excluding hydrogens is 378 g/mol. The van der Waals surface area contributed by atoms with Gasteiger partial charge in [-0.05, 0) is 55.3 Å². The van der Waals surface area contributed by atoms with E-state index in [0.717, 1.165) is 19.6 Å². The van der Waals surface area contributed by atoms with E-state index in [9.17, 15) is 14.9 Å². The first kappa shape index (κ1) is 20.3. The Morgan fingerprint density at radius 1 is 1.14 bits per heavy atom. The van der Waals surface area contributed by atoms with Gasteiger partial charge in [0.05, 0.1) is 4.92 Å². The lowest BCUT2D eigenvalue weighted by molar-refractivity contribution is -0.384. The molecule has 1 saturated heterocycles. The summed E-state index contributed by atoms with van der Waals surface area (Å²) in [4.78, 5) is 27.2. The van der Waals surface area contributed by atoms with Crippen LogP contribution in [0, 0.1) is 10.1 Å². The van der Waals surface area contributed by atoms with Crippen LogP contribution >= 0.6 is 11.6 Å². The summed E-state index contributed by atoms with van der Waals surface area (Å²) >= 11 is 6.14. The predicted octanol–water partition coefficient (Wildman–Crippen LogP) is 4.51. The van der Waals surface area contributed by atoms with E-state index in [1.54, 1.807) is 7.05 Å². The molecule has 2 aromatic carbocycles. The van der Waals surface area contributed by atoms with Gasteiger partial charge in [-0.15, -0.1) is 0 Å². The summed E-state index contributed by atoms with van der Waals surface area (Å²) in [6, 6.07) is 11.9. The van der Waals surface area contributed by atoms with Crippen LogP contribution in [0.4, 0.5) is 5.69 Å². The number of halogens is 1. The van der Waals surface area contributed by atoms with Gasteiger partial charge in [-0.25, -0.2) is 0 Å². The van der Waals surface area contributed by atoms with Crippen LogP contribution in [0.2, 0.25) is 5.02 Å². The fourth-order valence-corrected chi connectivity index (χ4v) is 3.65. The minimum Gasteiger partial charge on any atom is -0.337 e. The fourth-order valence-electron chi connectivity index (χ4n) is 3.47. The lowest BCUT2D eigenvalue weighted by atomic mass is 10.1. The van der Waals surface area contributed by atoms with Crippen LogP contribution in [0.5, 0.6) is 0 Å². The van der Waals surface area contributed by atoms with E-state index < -0.39 is 4.92 Å². The Morgan fingerprint density at radius 2 is 1.82 bits per heavy atom. The number of carbonyl (C=O) groups excluding carboxylic acids is 1. The van der Waals surface area contributed by atoms with Crippen molar-refractivity contribution in [2.45, 2.75) is 32.4 Å². The van der Waals surface area contributed by atoms with Crippen molar-refractivity contribution in [3.05, 3.63) is 74.3 Å². The maximum atomic E-state index is 12.7. The van der Waals surface area contributed by atoms with Crippen molar-refractivity contribution in [3.63, 3.8) is 0 Å². The van der Waals surface area contributed by atoms with Gasteiger partial charge in [0.1, 0.15) is 0 Å². The zero-order valence-corrected chi connectivity index (χ0v) is 16.7. The van der Waals surface area contributed by atoms with Crippen molar-refractivity contribution >= 4 is 23.2 Å². The van der Waals surface area contributed by atoms with Crippen molar-refractivity contribution in [2.24, 2.45) is 0 Å². The Balaban J connectivity index is 1.64. The zero-order chi connectivity index (χ0) is 20.1. The molecule has 1 amide bonds. The van der Waals surface area contributed by atoms with Gasteiger partial charge in [0.25, 0.3) is 11.6 Å². The first-order valence-corrected chi connectivity index (χ1v) is 9.81. The number of nitro groups is 1. The number of amides is 1. The molecule has 0 N–H and O–H groups in total. The average molecular weight is 402 g/mol. The van der Waals surface area contributed by atoms with E-state index in [1.165, 1.54) is 47.9 Å². The molecule has 0 atom stereocenters. The second-order valence-electron chi connectivity index (χ2n) is 7.23. The molecule has 1 fully saturated rings. The molecular formula is C21H24ClN3O3. The maximum Gasteiger partial charge on any atom is 0.269 e. The normalized spacial score (nSPS) is 14.6. The average Bonchev–Trinajstić information content (AvgIpc) is 2.70. The van der Waals surface area contributed by atoms with E-state index in [-0.39, 0.29) is 18.1 Å². The molecule has 0 bridgehead atoms. The number of likely N-dealkylation sites (tertiary alicyclic amines) is 1. The molecule has 28 heavy (non-hydrogen) atoms. The van der Waals surface area contributed by atoms with Crippen molar-refractivity contribution in [1.82, 2.24) is 9.80 Å². The molecule has 1 aliphatic heterocycles. The quantitative estimate of drug-likeness (QED) is 0.527. The Morgan fingerprint density at radius 3 is 2.46 bits per heavy atom. The van der Waals surface area contributed by atoms with Gasteiger partial charge < -0.3 is 4.90 Å². The molecule has 0 saturated carbocycles. The largest absolute Gasteiger partial charge is 0.337 e. The topological polar surface area (TPSA) is 66.7 Å². The Bertz CT molecular complexity index is 848. The van der Waals surface area contributed by atoms with Crippen molar-refractivity contribution in [1.29, 1.82) is 0 Å². The SMILES string of the molecule is CN(Cc1cc([N+](=O)[O-])ccc1Cl)C(=O)c1ccc(CN2CCCCC2)cc1. The summed E-state index contributed by atoms with van der Waals surface area (Å²) in [5, 5.41) is 11.4. The van der Waals surface area contributed by atoms with Crippen molar-refractivity contribution in [2.75, 3.05) is 20.1 Å². The monoisotopic (exact) mass is 401 g/mol. The second-order valence-corrected chi connectivity index (χ2v) is 7.63. The summed E-state index contributed by atoms with van der Waals surface area (Å²) in [6.07, 6.45) is 3.81. The van der Waals surface area contributed by atoms with Crippen LogP contribution in [0.25, 0.3) is 0 Å². The zero-order valence-electron chi connectivity index (χ0n) is 15.9. The highest BCUT2D eigenvalue weighted by atomic mass is 35.5. The van der Waals surface area contributed by atoms with Crippen molar-refractivity contribution in [3.8, 4) is 0 Å². The second kappa shape index (κ2) is 9.17. The third-order valence-corrected chi connectivity index (χ3v) is 5.42. The van der Waals surface area contributed by atoms with Crippen LogP contribution in [0.15, 0.2) is 42.5 Å². The van der Waals surface area contributed by atoms with Gasteiger partial charge in [0, 0.05) is 42.9 Å². The lowest BCUT2D eigenvalue weighted by Crippen LogP contribution is -2.29. The molecule has 1 heterocycles. The van der Waals surface area contributed by atoms with Crippen molar-refractivity contribution < 1.29 is 9.72 Å². The lowest BCUT2D eigenvalue weighted by Gasteiger charge is -2.26. The standard InChI is InChI=1S/C21H24ClN3O3/c1-23(15-18-13-19(25(27)28)9-10-20(18)22)21(26)17-7-5-16(6-8-17)14-24-11-3-2-4-12-24/h5-10,13H,2-4,11-12,14-15H2,1H3. The third kappa shape index (κ3) is 5.09. The summed E-state index contributed by atoms with van der Waals surface area (Å²) in [7, 11) is 1.67. The summed E-state index contributed by atoms with van der Waals surface area (Å²) in [5.74, 6) is -0.146. The highest BCUT2D eigenvalue weighted by Gasteiger charge is 2.16. The summed E-state index contributed by atoms with van der Waals surface area (Å²) in [5.41, 5.74) is 2.30. The molecule has 0 aliphatic carbocycles. The van der Waals surface area contributed by atoms with E-state index >= 15 is 0 Å². The van der Waals surface area contributed by atoms with Crippen LogP contribution in [-0.2, 0) is 13.1 Å². The number of hydrogen-bond donors (Lipinski definition) is 0. The van der Waals surface area contributed by atoms with Gasteiger partial charge in [0.2, 0.25) is 0 Å². The minimum atomic E-state index is -0.470. The molecule has 7 heteroatoms. The Kier molecular flexibility index (Phi) is 6.65. The molecule has 0 unspecified atom stereocenters. The Hall–Kier alpha value is -2.44. The molecule has 6 nitrogen and oxygen atoms in total. The molecule has 0 aromatic heterocycles. The van der Waals surface area contributed by atoms with Crippen LogP contribution in [0.1, 0.15) is 40.7 Å². The number of hydrogen-bond acceptors (Lipinski definition) is 4. The first-order chi connectivity index (χ1) is 13.4. The number of piperidine rings is 1. The van der Waals surface area contributed by atoms with Gasteiger partial charge in [-0.1, -0.05) is 30.2 Å². The molecule has 0 radical (unpaired) electrons. The van der Waals surface area contributed by atoms with Crippen LogP contribution < -0.4 is 0 Å². The van der Waals surface area contributed by atoms with Gasteiger partial charge in [-0.3, -0.25) is 19.8 Å². The van der Waals surface area contributed by atoms with Crippen LogP contribution in [-0.4, -0.2) is 40.8 Å². The van der Waals surface area contributed by atoms with E-state index in [4.69, 9.17) is 11.6 Å². The summed E-state index contributed by atoms with van der Waals surface area (Å²) in [6.45, 7) is 3.38. The van der Waals surface area contributed by atoms with E-state index in [0.29, 0.717) is 16.1 Å². The molecule has 148 valence electrons. The smallest absolute Gasteiger partial charge is 0.269 e. The number of benzene rings is 2. The molecule has 3 rings (SSSR count).